The highest BCUT2D eigenvalue weighted by Gasteiger charge is 2.25. The summed E-state index contributed by atoms with van der Waals surface area (Å²) in [5.74, 6) is -0.127. The molecule has 0 saturated carbocycles. The molecule has 1 rings (SSSR count). The van der Waals surface area contributed by atoms with Gasteiger partial charge in [0.15, 0.2) is 0 Å². The Kier molecular flexibility index (Phi) is 4.54. The van der Waals surface area contributed by atoms with Gasteiger partial charge in [-0.1, -0.05) is 23.7 Å². The molecule has 0 aliphatic carbocycles. The van der Waals surface area contributed by atoms with E-state index in [0.717, 1.165) is 5.56 Å². The summed E-state index contributed by atoms with van der Waals surface area (Å²) in [5, 5.41) is 12.9. The van der Waals surface area contributed by atoms with Crippen molar-refractivity contribution in [3.8, 4) is 0 Å². The molecule has 0 saturated heterocycles. The molecule has 1 aromatic carbocycles. The van der Waals surface area contributed by atoms with E-state index < -0.39 is 11.6 Å². The summed E-state index contributed by atoms with van der Waals surface area (Å²) < 4.78 is 0. The molecule has 2 N–H and O–H groups in total. The Balaban J connectivity index is 2.62. The van der Waals surface area contributed by atoms with Crippen LogP contribution in [0.5, 0.6) is 0 Å². The van der Waals surface area contributed by atoms with Gasteiger partial charge < -0.3 is 10.4 Å². The van der Waals surface area contributed by atoms with Gasteiger partial charge in [0.2, 0.25) is 5.91 Å². The zero-order valence-electron chi connectivity index (χ0n) is 10.3. The van der Waals surface area contributed by atoms with Crippen LogP contribution in [0.4, 0.5) is 0 Å². The fraction of sp³-hybridized carbons (Fsp3) is 0.462. The van der Waals surface area contributed by atoms with Gasteiger partial charge in [-0.3, -0.25) is 4.79 Å². The summed E-state index contributed by atoms with van der Waals surface area (Å²) in [7, 11) is 0. The number of hydrogen-bond donors (Lipinski definition) is 2. The Labute approximate surface area is 107 Å². The Morgan fingerprint density at radius 1 is 1.53 bits per heavy atom. The number of carbonyl (C=O) groups excluding carboxylic acids is 1. The van der Waals surface area contributed by atoms with Crippen molar-refractivity contribution in [3.05, 3.63) is 34.9 Å². The van der Waals surface area contributed by atoms with Gasteiger partial charge in [-0.15, -0.1) is 0 Å². The van der Waals surface area contributed by atoms with Crippen molar-refractivity contribution in [2.75, 3.05) is 0 Å². The molecule has 1 atom stereocenters. The molecule has 94 valence electrons. The maximum absolute atomic E-state index is 11.8. The molecule has 0 heterocycles. The van der Waals surface area contributed by atoms with E-state index in [4.69, 9.17) is 11.6 Å². The predicted molar refractivity (Wildman–Crippen MR) is 69.1 cm³/mol. The number of benzene rings is 1. The van der Waals surface area contributed by atoms with Crippen LogP contribution in [0.3, 0.4) is 0 Å². The average Bonchev–Trinajstić information content (AvgIpc) is 2.15. The molecule has 0 fully saturated rings. The van der Waals surface area contributed by atoms with E-state index in [2.05, 4.69) is 5.32 Å². The number of aliphatic hydroxyl groups excluding tert-OH is 1. The summed E-state index contributed by atoms with van der Waals surface area (Å²) >= 11 is 5.84. The number of nitrogens with one attached hydrogen (secondary N) is 1. The molecular formula is C13H18ClNO2. The van der Waals surface area contributed by atoms with E-state index in [1.807, 2.05) is 12.1 Å². The molecule has 3 nitrogen and oxygen atoms in total. The Hall–Kier alpha value is -1.06. The standard InChI is InChI=1S/C13H18ClNO2/c1-9(16)13(2,3)15-12(17)8-10-5-4-6-11(14)7-10/h4-7,9,16H,8H2,1-3H3,(H,15,17). The summed E-state index contributed by atoms with van der Waals surface area (Å²) in [6.07, 6.45) is -0.345. The van der Waals surface area contributed by atoms with Gasteiger partial charge in [-0.05, 0) is 38.5 Å². The van der Waals surface area contributed by atoms with E-state index >= 15 is 0 Å². The summed E-state index contributed by atoms with van der Waals surface area (Å²) in [6.45, 7) is 5.22. The first kappa shape index (κ1) is 14.0. The van der Waals surface area contributed by atoms with E-state index in [1.54, 1.807) is 32.9 Å². The predicted octanol–water partition coefficient (Wildman–Crippen LogP) is 2.16. The third-order valence-electron chi connectivity index (χ3n) is 2.76. The number of aliphatic hydroxyl groups is 1. The van der Waals surface area contributed by atoms with Gasteiger partial charge >= 0.3 is 0 Å². The van der Waals surface area contributed by atoms with E-state index in [9.17, 15) is 9.90 Å². The number of halogens is 1. The quantitative estimate of drug-likeness (QED) is 0.866. The summed E-state index contributed by atoms with van der Waals surface area (Å²) in [6, 6.07) is 7.19. The highest BCUT2D eigenvalue weighted by Crippen LogP contribution is 2.12. The lowest BCUT2D eigenvalue weighted by Crippen LogP contribution is -2.51. The van der Waals surface area contributed by atoms with Crippen LogP contribution in [-0.4, -0.2) is 22.7 Å². The molecule has 0 bridgehead atoms. The van der Waals surface area contributed by atoms with E-state index in [1.165, 1.54) is 0 Å². The van der Waals surface area contributed by atoms with Crippen molar-refractivity contribution in [1.29, 1.82) is 0 Å². The molecule has 1 aromatic rings. The van der Waals surface area contributed by atoms with Crippen molar-refractivity contribution in [2.24, 2.45) is 0 Å². The Morgan fingerprint density at radius 3 is 2.71 bits per heavy atom. The van der Waals surface area contributed by atoms with Gasteiger partial charge in [-0.25, -0.2) is 0 Å². The van der Waals surface area contributed by atoms with Crippen molar-refractivity contribution >= 4 is 17.5 Å². The smallest absolute Gasteiger partial charge is 0.224 e. The van der Waals surface area contributed by atoms with Crippen molar-refractivity contribution in [3.63, 3.8) is 0 Å². The van der Waals surface area contributed by atoms with Crippen LogP contribution >= 0.6 is 11.6 Å². The first-order valence-electron chi connectivity index (χ1n) is 5.55. The minimum Gasteiger partial charge on any atom is -0.391 e. The van der Waals surface area contributed by atoms with Gasteiger partial charge in [0.05, 0.1) is 18.1 Å². The Bertz CT molecular complexity index is 402. The lowest BCUT2D eigenvalue weighted by molar-refractivity contribution is -0.123. The molecule has 1 amide bonds. The van der Waals surface area contributed by atoms with Crippen LogP contribution in [0.15, 0.2) is 24.3 Å². The van der Waals surface area contributed by atoms with Crippen molar-refractivity contribution < 1.29 is 9.90 Å². The second-order valence-corrected chi connectivity index (χ2v) is 5.19. The lowest BCUT2D eigenvalue weighted by Gasteiger charge is -2.29. The first-order valence-corrected chi connectivity index (χ1v) is 5.92. The van der Waals surface area contributed by atoms with Gasteiger partial charge in [-0.2, -0.15) is 0 Å². The van der Waals surface area contributed by atoms with Crippen LogP contribution in [-0.2, 0) is 11.2 Å². The molecule has 17 heavy (non-hydrogen) atoms. The van der Waals surface area contributed by atoms with Crippen molar-refractivity contribution in [1.82, 2.24) is 5.32 Å². The van der Waals surface area contributed by atoms with Crippen LogP contribution in [0.25, 0.3) is 0 Å². The molecule has 0 aliphatic heterocycles. The topological polar surface area (TPSA) is 49.3 Å². The second kappa shape index (κ2) is 5.52. The third kappa shape index (κ3) is 4.36. The molecule has 4 heteroatoms. The van der Waals surface area contributed by atoms with E-state index in [0.29, 0.717) is 5.02 Å². The molecule has 1 unspecified atom stereocenters. The second-order valence-electron chi connectivity index (χ2n) is 4.75. The van der Waals surface area contributed by atoms with E-state index in [-0.39, 0.29) is 12.3 Å². The third-order valence-corrected chi connectivity index (χ3v) is 2.99. The molecule has 0 spiro atoms. The fourth-order valence-electron chi connectivity index (χ4n) is 1.34. The first-order chi connectivity index (χ1) is 7.81. The van der Waals surface area contributed by atoms with Crippen LogP contribution in [0, 0.1) is 0 Å². The lowest BCUT2D eigenvalue weighted by atomic mass is 9.98. The average molecular weight is 256 g/mol. The fourth-order valence-corrected chi connectivity index (χ4v) is 1.55. The molecular weight excluding hydrogens is 238 g/mol. The molecule has 0 aliphatic rings. The monoisotopic (exact) mass is 255 g/mol. The molecule has 0 radical (unpaired) electrons. The van der Waals surface area contributed by atoms with Gasteiger partial charge in [0.1, 0.15) is 0 Å². The normalized spacial score (nSPS) is 13.2. The van der Waals surface area contributed by atoms with Crippen LogP contribution in [0.1, 0.15) is 26.3 Å². The Morgan fingerprint density at radius 2 is 2.18 bits per heavy atom. The minimum absolute atomic E-state index is 0.127. The largest absolute Gasteiger partial charge is 0.391 e. The number of rotatable bonds is 4. The van der Waals surface area contributed by atoms with Crippen molar-refractivity contribution in [2.45, 2.75) is 38.8 Å². The summed E-state index contributed by atoms with van der Waals surface area (Å²) in [4.78, 5) is 11.8. The van der Waals surface area contributed by atoms with Gasteiger partial charge in [0.25, 0.3) is 0 Å². The highest BCUT2D eigenvalue weighted by molar-refractivity contribution is 6.30. The zero-order chi connectivity index (χ0) is 13.1. The summed E-state index contributed by atoms with van der Waals surface area (Å²) in [5.41, 5.74) is 0.228. The molecule has 0 aromatic heterocycles. The number of carbonyl (C=O) groups is 1. The van der Waals surface area contributed by atoms with Crippen LogP contribution < -0.4 is 5.32 Å². The number of hydrogen-bond acceptors (Lipinski definition) is 2. The van der Waals surface area contributed by atoms with Gasteiger partial charge in [0, 0.05) is 5.02 Å². The highest BCUT2D eigenvalue weighted by atomic mass is 35.5. The number of amides is 1. The maximum atomic E-state index is 11.8. The zero-order valence-corrected chi connectivity index (χ0v) is 11.1. The van der Waals surface area contributed by atoms with Crippen LogP contribution in [0.2, 0.25) is 5.02 Å². The maximum Gasteiger partial charge on any atom is 0.224 e. The minimum atomic E-state index is -0.629. The SMILES string of the molecule is CC(O)C(C)(C)NC(=O)Cc1cccc(Cl)c1.